The molecule has 0 aromatic heterocycles. The molecule has 0 radical (unpaired) electrons. The zero-order chi connectivity index (χ0) is 21.9. The molecule has 4 aromatic carbocycles. The third-order valence-electron chi connectivity index (χ3n) is 5.93. The van der Waals surface area contributed by atoms with Crippen LogP contribution in [0.4, 0.5) is 20.2 Å². The average Bonchev–Trinajstić information content (AvgIpc) is 3.01. The van der Waals surface area contributed by atoms with Gasteiger partial charge in [0.25, 0.3) is 0 Å². The van der Waals surface area contributed by atoms with Gasteiger partial charge in [-0.3, -0.25) is 0 Å². The summed E-state index contributed by atoms with van der Waals surface area (Å²) < 4.78 is 31.2. The normalized spacial score (nSPS) is 13.7. The van der Waals surface area contributed by atoms with Crippen molar-refractivity contribution >= 4 is 43.2 Å². The molecular weight excluding hydrogens is 526 g/mol. The third-order valence-corrected chi connectivity index (χ3v) is 6.91. The van der Waals surface area contributed by atoms with E-state index in [4.69, 9.17) is 11.5 Å². The zero-order valence-corrected chi connectivity index (χ0v) is 19.3. The summed E-state index contributed by atoms with van der Waals surface area (Å²) in [6.45, 7) is 0. The summed E-state index contributed by atoms with van der Waals surface area (Å²) in [4.78, 5) is 0. The van der Waals surface area contributed by atoms with Crippen molar-refractivity contribution in [3.05, 3.63) is 116 Å². The standard InChI is InChI=1S/C25H16Br2F2N2/c26-15-3-5-17-18-6-4-16(27)12-20(18)25(19(17)11-15,13-1-7-23(30)21(28)9-13)14-2-8-24(31)22(29)10-14/h1-12H,30-31H2. The molecule has 31 heavy (non-hydrogen) atoms. The number of nitrogen functional groups attached to an aromatic ring is 2. The van der Waals surface area contributed by atoms with Crippen molar-refractivity contribution in [3.63, 3.8) is 0 Å². The molecule has 6 heteroatoms. The summed E-state index contributed by atoms with van der Waals surface area (Å²) in [6.07, 6.45) is 0. The molecule has 0 heterocycles. The monoisotopic (exact) mass is 540 g/mol. The van der Waals surface area contributed by atoms with Crippen LogP contribution in [-0.2, 0) is 5.41 Å². The van der Waals surface area contributed by atoms with E-state index in [0.29, 0.717) is 11.1 Å². The van der Waals surface area contributed by atoms with Crippen LogP contribution < -0.4 is 11.5 Å². The van der Waals surface area contributed by atoms with Crippen molar-refractivity contribution in [2.45, 2.75) is 5.41 Å². The van der Waals surface area contributed by atoms with Gasteiger partial charge < -0.3 is 11.5 Å². The zero-order valence-electron chi connectivity index (χ0n) is 16.1. The second kappa shape index (κ2) is 7.18. The van der Waals surface area contributed by atoms with Gasteiger partial charge in [0.15, 0.2) is 0 Å². The third kappa shape index (κ3) is 2.92. The van der Waals surface area contributed by atoms with E-state index < -0.39 is 17.0 Å². The summed E-state index contributed by atoms with van der Waals surface area (Å²) in [5, 5.41) is 0. The fourth-order valence-electron chi connectivity index (χ4n) is 4.58. The molecule has 0 fully saturated rings. The summed E-state index contributed by atoms with van der Waals surface area (Å²) in [5.41, 5.74) is 15.9. The first-order chi connectivity index (χ1) is 14.8. The minimum atomic E-state index is -0.957. The van der Waals surface area contributed by atoms with Crippen LogP contribution in [0.25, 0.3) is 11.1 Å². The highest BCUT2D eigenvalue weighted by atomic mass is 79.9. The molecule has 0 amide bonds. The molecule has 4 N–H and O–H groups in total. The van der Waals surface area contributed by atoms with Gasteiger partial charge >= 0.3 is 0 Å². The van der Waals surface area contributed by atoms with E-state index in [9.17, 15) is 8.78 Å². The van der Waals surface area contributed by atoms with Gasteiger partial charge in [-0.2, -0.15) is 0 Å². The molecule has 0 saturated carbocycles. The number of rotatable bonds is 2. The smallest absolute Gasteiger partial charge is 0.146 e. The quantitative estimate of drug-likeness (QED) is 0.236. The van der Waals surface area contributed by atoms with Crippen LogP contribution in [0.15, 0.2) is 81.7 Å². The highest BCUT2D eigenvalue weighted by molar-refractivity contribution is 9.10. The van der Waals surface area contributed by atoms with Gasteiger partial charge in [-0.25, -0.2) is 8.78 Å². The van der Waals surface area contributed by atoms with E-state index in [1.165, 1.54) is 12.1 Å². The van der Waals surface area contributed by atoms with E-state index >= 15 is 0 Å². The number of anilines is 2. The Morgan fingerprint density at radius 2 is 1.00 bits per heavy atom. The van der Waals surface area contributed by atoms with Crippen LogP contribution in [-0.4, -0.2) is 0 Å². The van der Waals surface area contributed by atoms with E-state index in [-0.39, 0.29) is 11.4 Å². The number of hydrogen-bond acceptors (Lipinski definition) is 2. The van der Waals surface area contributed by atoms with Gasteiger partial charge in [-0.05, 0) is 81.9 Å². The largest absolute Gasteiger partial charge is 0.396 e. The minimum Gasteiger partial charge on any atom is -0.396 e. The molecule has 0 atom stereocenters. The van der Waals surface area contributed by atoms with E-state index in [1.807, 2.05) is 36.4 Å². The second-order valence-electron chi connectivity index (χ2n) is 7.60. The lowest BCUT2D eigenvalue weighted by Gasteiger charge is -2.34. The van der Waals surface area contributed by atoms with Crippen LogP contribution in [0.1, 0.15) is 22.3 Å². The van der Waals surface area contributed by atoms with Crippen LogP contribution in [0.2, 0.25) is 0 Å². The molecule has 0 bridgehead atoms. The van der Waals surface area contributed by atoms with Gasteiger partial charge in [0.2, 0.25) is 0 Å². The molecule has 0 spiro atoms. The van der Waals surface area contributed by atoms with Gasteiger partial charge in [0.1, 0.15) is 11.6 Å². The molecular formula is C25H16Br2F2N2. The lowest BCUT2D eigenvalue weighted by molar-refractivity contribution is 0.618. The van der Waals surface area contributed by atoms with Gasteiger partial charge in [0, 0.05) is 8.95 Å². The number of hydrogen-bond donors (Lipinski definition) is 2. The summed E-state index contributed by atoms with van der Waals surface area (Å²) in [5.74, 6) is -1.04. The molecule has 1 aliphatic carbocycles. The molecule has 0 unspecified atom stereocenters. The Kier molecular flexibility index (Phi) is 4.68. The Labute approximate surface area is 195 Å². The summed E-state index contributed by atoms with van der Waals surface area (Å²) >= 11 is 7.15. The lowest BCUT2D eigenvalue weighted by atomic mass is 9.67. The van der Waals surface area contributed by atoms with Crippen molar-refractivity contribution in [2.24, 2.45) is 0 Å². The number of nitrogens with two attached hydrogens (primary N) is 2. The van der Waals surface area contributed by atoms with Gasteiger partial charge in [0.05, 0.1) is 16.8 Å². The van der Waals surface area contributed by atoms with E-state index in [0.717, 1.165) is 31.2 Å². The minimum absolute atomic E-state index is 0.0596. The molecule has 154 valence electrons. The van der Waals surface area contributed by atoms with Crippen molar-refractivity contribution in [3.8, 4) is 11.1 Å². The Bertz CT molecular complexity index is 1260. The molecule has 0 aliphatic heterocycles. The predicted molar refractivity (Wildman–Crippen MR) is 128 cm³/mol. The SMILES string of the molecule is Nc1ccc(C2(c3ccc(N)c(F)c3)c3cc(Br)ccc3-c3ccc(Br)cc32)cc1F. The highest BCUT2D eigenvalue weighted by Crippen LogP contribution is 2.57. The van der Waals surface area contributed by atoms with Crippen LogP contribution in [0.3, 0.4) is 0 Å². The summed E-state index contributed by atoms with van der Waals surface area (Å²) in [6, 6.07) is 21.6. The molecule has 5 rings (SSSR count). The molecule has 1 aliphatic rings. The Morgan fingerprint density at radius 1 is 0.581 bits per heavy atom. The maximum Gasteiger partial charge on any atom is 0.146 e. The van der Waals surface area contributed by atoms with Crippen molar-refractivity contribution in [2.75, 3.05) is 11.5 Å². The van der Waals surface area contributed by atoms with Crippen LogP contribution >= 0.6 is 31.9 Å². The van der Waals surface area contributed by atoms with Crippen LogP contribution in [0.5, 0.6) is 0 Å². The van der Waals surface area contributed by atoms with Crippen molar-refractivity contribution < 1.29 is 8.78 Å². The van der Waals surface area contributed by atoms with Crippen molar-refractivity contribution in [1.82, 2.24) is 0 Å². The fourth-order valence-corrected chi connectivity index (χ4v) is 5.30. The predicted octanol–water partition coefficient (Wildman–Crippen LogP) is 7.02. The van der Waals surface area contributed by atoms with Crippen molar-refractivity contribution in [1.29, 1.82) is 0 Å². The Hall–Kier alpha value is -2.70. The highest BCUT2D eigenvalue weighted by Gasteiger charge is 2.47. The second-order valence-corrected chi connectivity index (χ2v) is 9.43. The first-order valence-corrected chi connectivity index (χ1v) is 11.1. The molecule has 0 saturated heterocycles. The van der Waals surface area contributed by atoms with E-state index in [1.54, 1.807) is 24.3 Å². The maximum absolute atomic E-state index is 14.7. The average molecular weight is 542 g/mol. The molecule has 4 aromatic rings. The van der Waals surface area contributed by atoms with Gasteiger partial charge in [-0.15, -0.1) is 0 Å². The Balaban J connectivity index is 2.00. The summed E-state index contributed by atoms with van der Waals surface area (Å²) in [7, 11) is 0. The van der Waals surface area contributed by atoms with E-state index in [2.05, 4.69) is 31.9 Å². The molecule has 2 nitrogen and oxygen atoms in total. The van der Waals surface area contributed by atoms with Gasteiger partial charge in [-0.1, -0.05) is 56.1 Å². The Morgan fingerprint density at radius 3 is 1.39 bits per heavy atom. The topological polar surface area (TPSA) is 52.0 Å². The fraction of sp³-hybridized carbons (Fsp3) is 0.0400. The lowest BCUT2D eigenvalue weighted by Crippen LogP contribution is -2.29. The number of halogens is 4. The number of benzene rings is 4. The first kappa shape index (κ1) is 20.2. The maximum atomic E-state index is 14.7. The first-order valence-electron chi connectivity index (χ1n) is 9.54. The number of fused-ring (bicyclic) bond motifs is 3. The van der Waals surface area contributed by atoms with Crippen LogP contribution in [0, 0.1) is 11.6 Å².